The maximum absolute atomic E-state index is 3.41. The first-order chi connectivity index (χ1) is 6.81. The van der Waals surface area contributed by atoms with Gasteiger partial charge in [-0.1, -0.05) is 25.1 Å². The first kappa shape index (κ1) is 9.13. The first-order valence-corrected chi connectivity index (χ1v) is 5.10. The molecule has 0 bridgehead atoms. The Morgan fingerprint density at radius 2 is 2.07 bits per heavy atom. The number of fused-ring (bicyclic) bond motifs is 1. The van der Waals surface area contributed by atoms with Gasteiger partial charge in [-0.3, -0.25) is 0 Å². The van der Waals surface area contributed by atoms with E-state index in [0.29, 0.717) is 0 Å². The van der Waals surface area contributed by atoms with Crippen molar-refractivity contribution in [2.45, 2.75) is 13.3 Å². The van der Waals surface area contributed by atoms with E-state index in [0.717, 1.165) is 6.54 Å². The topological polar surface area (TPSA) is 19.0 Å². The van der Waals surface area contributed by atoms with E-state index in [2.05, 4.69) is 54.2 Å². The van der Waals surface area contributed by atoms with Crippen molar-refractivity contribution in [3.63, 3.8) is 0 Å². The van der Waals surface area contributed by atoms with Crippen LogP contribution in [0.2, 0.25) is 0 Å². The van der Waals surface area contributed by atoms with Gasteiger partial charge >= 0.3 is 0 Å². The third-order valence-corrected chi connectivity index (χ3v) is 2.49. The molecular formula is C12H16N2. The van der Waals surface area contributed by atoms with Crippen molar-refractivity contribution in [2.75, 3.05) is 18.5 Å². The summed E-state index contributed by atoms with van der Waals surface area (Å²) in [5.41, 5.74) is 1.21. The maximum Gasteiger partial charge on any atom is 0.106 e. The van der Waals surface area contributed by atoms with E-state index in [1.807, 2.05) is 0 Å². The molecule has 0 fully saturated rings. The fraction of sp³-hybridized carbons (Fsp3) is 0.333. The zero-order valence-electron chi connectivity index (χ0n) is 8.75. The van der Waals surface area contributed by atoms with E-state index in [4.69, 9.17) is 0 Å². The third-order valence-electron chi connectivity index (χ3n) is 2.49. The highest BCUT2D eigenvalue weighted by atomic mass is 15.2. The Labute approximate surface area is 84.5 Å². The summed E-state index contributed by atoms with van der Waals surface area (Å²) in [6.07, 6.45) is 1.17. The molecule has 1 aromatic heterocycles. The lowest BCUT2D eigenvalue weighted by Crippen LogP contribution is -2.17. The summed E-state index contributed by atoms with van der Waals surface area (Å²) in [5, 5.41) is 1.28. The fourth-order valence-electron chi connectivity index (χ4n) is 1.72. The Morgan fingerprint density at radius 3 is 2.79 bits per heavy atom. The van der Waals surface area contributed by atoms with E-state index in [1.165, 1.54) is 23.1 Å². The molecule has 0 aliphatic carbocycles. The van der Waals surface area contributed by atoms with Crippen LogP contribution in [0.3, 0.4) is 0 Å². The van der Waals surface area contributed by atoms with Crippen molar-refractivity contribution in [1.82, 2.24) is 4.98 Å². The van der Waals surface area contributed by atoms with Gasteiger partial charge in [0, 0.05) is 24.5 Å². The lowest BCUT2D eigenvalue weighted by Gasteiger charge is -2.15. The van der Waals surface area contributed by atoms with Gasteiger partial charge in [0.15, 0.2) is 0 Å². The molecule has 0 atom stereocenters. The maximum atomic E-state index is 3.41. The van der Waals surface area contributed by atoms with Crippen LogP contribution in [0, 0.1) is 0 Å². The smallest absolute Gasteiger partial charge is 0.106 e. The molecule has 0 spiro atoms. The van der Waals surface area contributed by atoms with E-state index in [1.54, 1.807) is 0 Å². The number of anilines is 1. The van der Waals surface area contributed by atoms with Gasteiger partial charge < -0.3 is 9.88 Å². The molecule has 2 nitrogen and oxygen atoms in total. The summed E-state index contributed by atoms with van der Waals surface area (Å²) in [6, 6.07) is 10.6. The van der Waals surface area contributed by atoms with Crippen LogP contribution in [0.15, 0.2) is 30.3 Å². The van der Waals surface area contributed by atoms with Crippen molar-refractivity contribution >= 4 is 16.7 Å². The molecule has 1 aromatic carbocycles. The Kier molecular flexibility index (Phi) is 2.44. The van der Waals surface area contributed by atoms with Gasteiger partial charge in [0.05, 0.1) is 0 Å². The SMILES string of the molecule is CCCN(C)c1cc2ccccc2[nH]1. The largest absolute Gasteiger partial charge is 0.361 e. The predicted octanol–water partition coefficient (Wildman–Crippen LogP) is 3.01. The Morgan fingerprint density at radius 1 is 1.29 bits per heavy atom. The summed E-state index contributed by atoms with van der Waals surface area (Å²) in [6.45, 7) is 3.28. The normalized spacial score (nSPS) is 10.7. The summed E-state index contributed by atoms with van der Waals surface area (Å²) in [5.74, 6) is 1.20. The average Bonchev–Trinajstić information content (AvgIpc) is 2.61. The van der Waals surface area contributed by atoms with Crippen molar-refractivity contribution in [2.24, 2.45) is 0 Å². The number of nitrogens with one attached hydrogen (secondary N) is 1. The second-order valence-electron chi connectivity index (χ2n) is 3.66. The Balaban J connectivity index is 2.35. The minimum atomic E-state index is 1.09. The highest BCUT2D eigenvalue weighted by Crippen LogP contribution is 2.20. The van der Waals surface area contributed by atoms with Gasteiger partial charge in [-0.2, -0.15) is 0 Å². The molecule has 1 N–H and O–H groups in total. The van der Waals surface area contributed by atoms with Crippen LogP contribution in [0.25, 0.3) is 10.9 Å². The summed E-state index contributed by atoms with van der Waals surface area (Å²) < 4.78 is 0. The number of H-pyrrole nitrogens is 1. The average molecular weight is 188 g/mol. The number of rotatable bonds is 3. The molecule has 0 aliphatic rings. The number of aromatic amines is 1. The molecule has 0 amide bonds. The van der Waals surface area contributed by atoms with Crippen LogP contribution < -0.4 is 4.90 Å². The third kappa shape index (κ3) is 1.60. The van der Waals surface area contributed by atoms with Crippen LogP contribution in [0.1, 0.15) is 13.3 Å². The summed E-state index contributed by atoms with van der Waals surface area (Å²) in [7, 11) is 2.12. The lowest BCUT2D eigenvalue weighted by molar-refractivity contribution is 0.842. The molecule has 1 heterocycles. The quantitative estimate of drug-likeness (QED) is 0.784. The monoisotopic (exact) mass is 188 g/mol. The lowest BCUT2D eigenvalue weighted by atomic mass is 10.2. The van der Waals surface area contributed by atoms with Crippen molar-refractivity contribution in [1.29, 1.82) is 0 Å². The van der Waals surface area contributed by atoms with Gasteiger partial charge in [-0.25, -0.2) is 0 Å². The van der Waals surface area contributed by atoms with Crippen molar-refractivity contribution < 1.29 is 0 Å². The molecule has 2 rings (SSSR count). The second kappa shape index (κ2) is 3.74. The Bertz CT molecular complexity index is 384. The molecule has 0 saturated carbocycles. The highest BCUT2D eigenvalue weighted by molar-refractivity contribution is 5.83. The summed E-state index contributed by atoms with van der Waals surface area (Å²) >= 11 is 0. The van der Waals surface area contributed by atoms with Gasteiger partial charge in [0.2, 0.25) is 0 Å². The van der Waals surface area contributed by atoms with Crippen molar-refractivity contribution in [3.05, 3.63) is 30.3 Å². The van der Waals surface area contributed by atoms with Crippen LogP contribution in [-0.2, 0) is 0 Å². The number of nitrogens with zero attached hydrogens (tertiary/aromatic N) is 1. The second-order valence-corrected chi connectivity index (χ2v) is 3.66. The fourth-order valence-corrected chi connectivity index (χ4v) is 1.72. The van der Waals surface area contributed by atoms with Gasteiger partial charge in [0.25, 0.3) is 0 Å². The highest BCUT2D eigenvalue weighted by Gasteiger charge is 2.03. The molecule has 0 aliphatic heterocycles. The molecule has 14 heavy (non-hydrogen) atoms. The molecule has 0 saturated heterocycles. The van der Waals surface area contributed by atoms with E-state index < -0.39 is 0 Å². The minimum absolute atomic E-state index is 1.09. The number of benzene rings is 1. The van der Waals surface area contributed by atoms with Gasteiger partial charge in [0.1, 0.15) is 5.82 Å². The van der Waals surface area contributed by atoms with E-state index >= 15 is 0 Å². The molecule has 2 heteroatoms. The predicted molar refractivity (Wildman–Crippen MR) is 61.9 cm³/mol. The van der Waals surface area contributed by atoms with Crippen LogP contribution in [0.4, 0.5) is 5.82 Å². The van der Waals surface area contributed by atoms with Gasteiger partial charge in [-0.05, 0) is 18.6 Å². The van der Waals surface area contributed by atoms with E-state index in [9.17, 15) is 0 Å². The van der Waals surface area contributed by atoms with Crippen LogP contribution in [-0.4, -0.2) is 18.6 Å². The van der Waals surface area contributed by atoms with Crippen molar-refractivity contribution in [3.8, 4) is 0 Å². The molecule has 2 aromatic rings. The summed E-state index contributed by atoms with van der Waals surface area (Å²) in [4.78, 5) is 5.66. The number of aromatic nitrogens is 1. The zero-order valence-corrected chi connectivity index (χ0v) is 8.75. The number of para-hydroxylation sites is 1. The van der Waals surface area contributed by atoms with Crippen LogP contribution in [0.5, 0.6) is 0 Å². The minimum Gasteiger partial charge on any atom is -0.361 e. The number of hydrogen-bond donors (Lipinski definition) is 1. The molecule has 0 radical (unpaired) electrons. The van der Waals surface area contributed by atoms with E-state index in [-0.39, 0.29) is 0 Å². The first-order valence-electron chi connectivity index (χ1n) is 5.10. The standard InChI is InChI=1S/C12H16N2/c1-3-8-14(2)12-9-10-6-4-5-7-11(10)13-12/h4-7,9,13H,3,8H2,1-2H3. The molecule has 0 unspecified atom stereocenters. The Hall–Kier alpha value is -1.44. The molecule has 74 valence electrons. The molecular weight excluding hydrogens is 172 g/mol. The van der Waals surface area contributed by atoms with Gasteiger partial charge in [-0.15, -0.1) is 0 Å². The zero-order chi connectivity index (χ0) is 9.97. The van der Waals surface area contributed by atoms with Crippen LogP contribution >= 0.6 is 0 Å². The number of hydrogen-bond acceptors (Lipinski definition) is 1.